The molecule has 0 aromatic carbocycles. The number of piperidine rings is 1. The van der Waals surface area contributed by atoms with Crippen molar-refractivity contribution < 1.29 is 14.0 Å². The summed E-state index contributed by atoms with van der Waals surface area (Å²) >= 11 is 1.18. The van der Waals surface area contributed by atoms with Crippen molar-refractivity contribution >= 4 is 23.6 Å². The number of nitrogens with zero attached hydrogens (tertiary/aromatic N) is 4. The Balaban J connectivity index is 1.69. The van der Waals surface area contributed by atoms with Gasteiger partial charge in [-0.05, 0) is 25.9 Å². The first kappa shape index (κ1) is 17.7. The molecule has 1 saturated heterocycles. The molecule has 2 amide bonds. The number of nitrogens with one attached hydrogen (secondary N) is 1. The highest BCUT2D eigenvalue weighted by atomic mass is 32.2. The van der Waals surface area contributed by atoms with Gasteiger partial charge in [0.2, 0.25) is 17.7 Å². The molecule has 9 heteroatoms. The Labute approximate surface area is 140 Å². The molecule has 0 spiro atoms. The van der Waals surface area contributed by atoms with Crippen LogP contribution in [-0.4, -0.2) is 71.3 Å². The molecule has 0 saturated carbocycles. The van der Waals surface area contributed by atoms with E-state index in [0.717, 1.165) is 13.1 Å². The van der Waals surface area contributed by atoms with Crippen LogP contribution in [0.2, 0.25) is 0 Å². The van der Waals surface area contributed by atoms with Crippen LogP contribution in [0.15, 0.2) is 9.64 Å². The van der Waals surface area contributed by atoms with Gasteiger partial charge in [-0.2, -0.15) is 0 Å². The number of hydrogen-bond acceptors (Lipinski definition) is 7. The molecule has 1 aromatic heterocycles. The summed E-state index contributed by atoms with van der Waals surface area (Å²) in [6.45, 7) is 2.79. The Morgan fingerprint density at radius 2 is 2.00 bits per heavy atom. The molecule has 0 unspecified atom stereocenters. The molecule has 1 aliphatic heterocycles. The summed E-state index contributed by atoms with van der Waals surface area (Å²) in [6, 6.07) is 0. The highest BCUT2D eigenvalue weighted by molar-refractivity contribution is 7.99. The third kappa shape index (κ3) is 6.19. The minimum Gasteiger partial charge on any atom is -0.415 e. The van der Waals surface area contributed by atoms with Crippen LogP contribution in [-0.2, 0) is 16.1 Å². The van der Waals surface area contributed by atoms with E-state index >= 15 is 0 Å². The Morgan fingerprint density at radius 3 is 2.70 bits per heavy atom. The Hall–Kier alpha value is -1.61. The molecule has 2 rings (SSSR count). The van der Waals surface area contributed by atoms with Gasteiger partial charge in [0, 0.05) is 14.1 Å². The molecule has 23 heavy (non-hydrogen) atoms. The van der Waals surface area contributed by atoms with Crippen molar-refractivity contribution in [3.63, 3.8) is 0 Å². The first-order valence-corrected chi connectivity index (χ1v) is 8.67. The molecule has 1 fully saturated rings. The number of rotatable bonds is 7. The standard InChI is InChI=1S/C14H23N5O3S/c1-18(2)13(21)8-15-11(20)10-23-14-17-16-12(22-14)9-19-6-4-3-5-7-19/h3-10H2,1-2H3,(H,15,20). The van der Waals surface area contributed by atoms with Crippen molar-refractivity contribution in [2.75, 3.05) is 39.5 Å². The second kappa shape index (κ2) is 8.88. The molecule has 1 aliphatic rings. The smallest absolute Gasteiger partial charge is 0.277 e. The van der Waals surface area contributed by atoms with Crippen LogP contribution < -0.4 is 5.32 Å². The molecule has 2 heterocycles. The van der Waals surface area contributed by atoms with E-state index in [1.807, 2.05) is 0 Å². The summed E-state index contributed by atoms with van der Waals surface area (Å²) in [7, 11) is 3.29. The molecule has 1 N–H and O–H groups in total. The van der Waals surface area contributed by atoms with Crippen molar-refractivity contribution in [2.24, 2.45) is 0 Å². The maximum absolute atomic E-state index is 11.7. The number of thioether (sulfide) groups is 1. The third-order valence-corrected chi connectivity index (χ3v) is 4.34. The van der Waals surface area contributed by atoms with Crippen molar-refractivity contribution in [3.05, 3.63) is 5.89 Å². The lowest BCUT2D eigenvalue weighted by atomic mass is 10.1. The Bertz CT molecular complexity index is 528. The lowest BCUT2D eigenvalue weighted by Gasteiger charge is -2.24. The van der Waals surface area contributed by atoms with Crippen molar-refractivity contribution in [3.8, 4) is 0 Å². The normalized spacial score (nSPS) is 15.4. The quantitative estimate of drug-likeness (QED) is 0.716. The number of likely N-dealkylation sites (tertiary alicyclic amines) is 1. The summed E-state index contributed by atoms with van der Waals surface area (Å²) < 4.78 is 5.54. The van der Waals surface area contributed by atoms with Gasteiger partial charge in [-0.25, -0.2) is 0 Å². The van der Waals surface area contributed by atoms with Gasteiger partial charge in [0.15, 0.2) is 0 Å². The molecule has 8 nitrogen and oxygen atoms in total. The van der Waals surface area contributed by atoms with Crippen LogP contribution in [0.1, 0.15) is 25.2 Å². The van der Waals surface area contributed by atoms with Crippen molar-refractivity contribution in [2.45, 2.75) is 31.0 Å². The average Bonchev–Trinajstić information content (AvgIpc) is 2.99. The van der Waals surface area contributed by atoms with Crippen molar-refractivity contribution in [1.29, 1.82) is 0 Å². The van der Waals surface area contributed by atoms with Crippen LogP contribution in [0.3, 0.4) is 0 Å². The third-order valence-electron chi connectivity index (χ3n) is 3.52. The second-order valence-corrected chi connectivity index (χ2v) is 6.58. The zero-order chi connectivity index (χ0) is 16.7. The van der Waals surface area contributed by atoms with E-state index < -0.39 is 0 Å². The minimum atomic E-state index is -0.235. The summed E-state index contributed by atoms with van der Waals surface area (Å²) in [5.41, 5.74) is 0. The molecule has 0 radical (unpaired) electrons. The van der Waals surface area contributed by atoms with E-state index in [1.165, 1.54) is 35.9 Å². The van der Waals surface area contributed by atoms with Gasteiger partial charge >= 0.3 is 0 Å². The summed E-state index contributed by atoms with van der Waals surface area (Å²) in [5.74, 6) is 0.343. The SMILES string of the molecule is CN(C)C(=O)CNC(=O)CSc1nnc(CN2CCCCC2)o1. The van der Waals surface area contributed by atoms with Gasteiger partial charge in [-0.3, -0.25) is 14.5 Å². The first-order chi connectivity index (χ1) is 11.0. The number of likely N-dealkylation sites (N-methyl/N-ethyl adjacent to an activating group) is 1. The van der Waals surface area contributed by atoms with E-state index in [9.17, 15) is 9.59 Å². The van der Waals surface area contributed by atoms with Crippen LogP contribution in [0, 0.1) is 0 Å². The van der Waals surface area contributed by atoms with Gasteiger partial charge in [-0.1, -0.05) is 18.2 Å². The zero-order valence-electron chi connectivity index (χ0n) is 13.6. The fourth-order valence-corrected chi connectivity index (χ4v) is 2.79. The first-order valence-electron chi connectivity index (χ1n) is 7.69. The van der Waals surface area contributed by atoms with E-state index in [-0.39, 0.29) is 24.1 Å². The number of carbonyl (C=O) groups excluding carboxylic acids is 2. The summed E-state index contributed by atoms with van der Waals surface area (Å²) in [5, 5.41) is 10.9. The van der Waals surface area contributed by atoms with Crippen molar-refractivity contribution in [1.82, 2.24) is 25.3 Å². The number of amides is 2. The van der Waals surface area contributed by atoms with Gasteiger partial charge in [-0.15, -0.1) is 10.2 Å². The molecule has 128 valence electrons. The number of carbonyl (C=O) groups is 2. The monoisotopic (exact) mass is 341 g/mol. The van der Waals surface area contributed by atoms with E-state index in [4.69, 9.17) is 4.42 Å². The number of aromatic nitrogens is 2. The van der Waals surface area contributed by atoms with Crippen LogP contribution in [0.5, 0.6) is 0 Å². The van der Waals surface area contributed by atoms with Gasteiger partial charge < -0.3 is 14.6 Å². The fraction of sp³-hybridized carbons (Fsp3) is 0.714. The largest absolute Gasteiger partial charge is 0.415 e. The lowest BCUT2D eigenvalue weighted by Crippen LogP contribution is -2.36. The van der Waals surface area contributed by atoms with E-state index in [2.05, 4.69) is 20.4 Å². The maximum atomic E-state index is 11.7. The second-order valence-electron chi connectivity index (χ2n) is 5.65. The molecular weight excluding hydrogens is 318 g/mol. The van der Waals surface area contributed by atoms with Gasteiger partial charge in [0.1, 0.15) is 0 Å². The Kier molecular flexibility index (Phi) is 6.85. The molecule has 0 aliphatic carbocycles. The predicted molar refractivity (Wildman–Crippen MR) is 85.9 cm³/mol. The highest BCUT2D eigenvalue weighted by Crippen LogP contribution is 2.18. The molecule has 0 atom stereocenters. The van der Waals surface area contributed by atoms with Crippen LogP contribution in [0.4, 0.5) is 0 Å². The minimum absolute atomic E-state index is 0.00354. The average molecular weight is 341 g/mol. The summed E-state index contributed by atoms with van der Waals surface area (Å²) in [4.78, 5) is 26.8. The molecule has 1 aromatic rings. The fourth-order valence-electron chi connectivity index (χ4n) is 2.18. The maximum Gasteiger partial charge on any atom is 0.277 e. The van der Waals surface area contributed by atoms with Gasteiger partial charge in [0.05, 0.1) is 18.8 Å². The topological polar surface area (TPSA) is 91.6 Å². The van der Waals surface area contributed by atoms with Crippen LogP contribution in [0.25, 0.3) is 0 Å². The zero-order valence-corrected chi connectivity index (χ0v) is 14.4. The molecule has 0 bridgehead atoms. The Morgan fingerprint density at radius 1 is 1.26 bits per heavy atom. The van der Waals surface area contributed by atoms with E-state index in [0.29, 0.717) is 17.7 Å². The lowest BCUT2D eigenvalue weighted by molar-refractivity contribution is -0.130. The predicted octanol–water partition coefficient (Wildman–Crippen LogP) is 0.352. The summed E-state index contributed by atoms with van der Waals surface area (Å²) in [6.07, 6.45) is 3.70. The number of hydrogen-bond donors (Lipinski definition) is 1. The highest BCUT2D eigenvalue weighted by Gasteiger charge is 2.15. The van der Waals surface area contributed by atoms with Crippen LogP contribution >= 0.6 is 11.8 Å². The van der Waals surface area contributed by atoms with E-state index in [1.54, 1.807) is 14.1 Å². The molecular formula is C14H23N5O3S. The van der Waals surface area contributed by atoms with Gasteiger partial charge in [0.25, 0.3) is 5.22 Å².